The molecule has 5 heteroatoms. The molecule has 0 unspecified atom stereocenters. The van der Waals surface area contributed by atoms with Crippen LogP contribution in [0.2, 0.25) is 0 Å². The summed E-state index contributed by atoms with van der Waals surface area (Å²) < 4.78 is 5.55. The van der Waals surface area contributed by atoms with Gasteiger partial charge in [-0.25, -0.2) is 4.79 Å². The van der Waals surface area contributed by atoms with E-state index in [9.17, 15) is 4.79 Å². The lowest BCUT2D eigenvalue weighted by Gasteiger charge is -2.39. The van der Waals surface area contributed by atoms with Crippen molar-refractivity contribution in [1.82, 2.24) is 5.01 Å². The van der Waals surface area contributed by atoms with Crippen LogP contribution in [-0.4, -0.2) is 34.7 Å². The van der Waals surface area contributed by atoms with Gasteiger partial charge in [0.2, 0.25) is 5.54 Å². The number of carbonyl (C=O) groups is 1. The Hall–Kier alpha value is -1.13. The third kappa shape index (κ3) is 0.867. The Bertz CT molecular complexity index is 357. The zero-order valence-corrected chi connectivity index (χ0v) is 9.06. The molecule has 0 radical (unpaired) electrons. The van der Waals surface area contributed by atoms with Crippen molar-refractivity contribution in [2.45, 2.75) is 50.3 Å². The topological polar surface area (TPSA) is 54.3 Å². The molecule has 3 heterocycles. The number of esters is 1. The van der Waals surface area contributed by atoms with Gasteiger partial charge in [-0.2, -0.15) is 0 Å². The first-order valence-electron chi connectivity index (χ1n) is 5.55. The minimum Gasteiger partial charge on any atom is -0.455 e. The Morgan fingerprint density at radius 2 is 2.47 bits per heavy atom. The normalized spacial score (nSPS) is 46.9. The van der Waals surface area contributed by atoms with E-state index in [0.717, 1.165) is 19.4 Å². The average molecular weight is 209 g/mol. The van der Waals surface area contributed by atoms with Crippen LogP contribution in [0.1, 0.15) is 33.1 Å². The highest BCUT2D eigenvalue weighted by molar-refractivity contribution is 5.86. The molecule has 3 aliphatic heterocycles. The third-order valence-electron chi connectivity index (χ3n) is 3.95. The number of hydrogen-bond acceptors (Lipinski definition) is 5. The van der Waals surface area contributed by atoms with E-state index in [1.54, 1.807) is 0 Å². The summed E-state index contributed by atoms with van der Waals surface area (Å²) >= 11 is 0. The maximum absolute atomic E-state index is 12.0. The molecule has 3 aliphatic rings. The van der Waals surface area contributed by atoms with Crippen LogP contribution in [0.15, 0.2) is 10.3 Å². The minimum atomic E-state index is -0.713. The Balaban J connectivity index is 2.11. The quantitative estimate of drug-likeness (QED) is 0.611. The standard InChI is InChI=1S/C10H15N3O2/c1-3-10-7-9(2,15-8(10)14)5-4-6-13(7)12-11-10/h7H,3-6H2,1-2H3/t7-,9+,10-/m0/s1. The van der Waals surface area contributed by atoms with Crippen LogP contribution < -0.4 is 0 Å². The van der Waals surface area contributed by atoms with E-state index >= 15 is 0 Å². The second-order valence-corrected chi connectivity index (χ2v) is 4.84. The molecule has 0 bridgehead atoms. The van der Waals surface area contributed by atoms with Crippen molar-refractivity contribution in [2.24, 2.45) is 10.3 Å². The van der Waals surface area contributed by atoms with E-state index in [0.29, 0.717) is 6.42 Å². The van der Waals surface area contributed by atoms with Gasteiger partial charge in [0.1, 0.15) is 11.6 Å². The maximum Gasteiger partial charge on any atom is 0.339 e. The highest BCUT2D eigenvalue weighted by Gasteiger charge is 2.68. The number of nitrogens with zero attached hydrogens (tertiary/aromatic N) is 3. The van der Waals surface area contributed by atoms with E-state index in [4.69, 9.17) is 4.74 Å². The van der Waals surface area contributed by atoms with Gasteiger partial charge < -0.3 is 4.74 Å². The van der Waals surface area contributed by atoms with Crippen LogP contribution in [-0.2, 0) is 9.53 Å². The number of carbonyl (C=O) groups excluding carboxylic acids is 1. The van der Waals surface area contributed by atoms with Crippen LogP contribution in [0.5, 0.6) is 0 Å². The largest absolute Gasteiger partial charge is 0.455 e. The third-order valence-corrected chi connectivity index (χ3v) is 3.95. The first kappa shape index (κ1) is 9.12. The first-order chi connectivity index (χ1) is 7.12. The first-order valence-corrected chi connectivity index (χ1v) is 5.55. The fourth-order valence-electron chi connectivity index (χ4n) is 3.18. The summed E-state index contributed by atoms with van der Waals surface area (Å²) in [6.07, 6.45) is 2.61. The van der Waals surface area contributed by atoms with Gasteiger partial charge in [-0.3, -0.25) is 5.01 Å². The fraction of sp³-hybridized carbons (Fsp3) is 0.900. The number of ether oxygens (including phenoxy) is 1. The molecule has 82 valence electrons. The second kappa shape index (κ2) is 2.51. The molecule has 2 saturated heterocycles. The van der Waals surface area contributed by atoms with Gasteiger partial charge in [0.15, 0.2) is 0 Å². The van der Waals surface area contributed by atoms with Crippen molar-refractivity contribution in [3.05, 3.63) is 0 Å². The number of rotatable bonds is 1. The summed E-state index contributed by atoms with van der Waals surface area (Å²) in [6, 6.07) is 0.0243. The van der Waals surface area contributed by atoms with E-state index in [-0.39, 0.29) is 17.6 Å². The molecule has 2 fully saturated rings. The minimum absolute atomic E-state index is 0.0243. The molecule has 0 spiro atoms. The van der Waals surface area contributed by atoms with Gasteiger partial charge in [-0.15, -0.1) is 5.11 Å². The van der Waals surface area contributed by atoms with Crippen molar-refractivity contribution in [2.75, 3.05) is 6.54 Å². The molecule has 0 amide bonds. The van der Waals surface area contributed by atoms with Gasteiger partial charge >= 0.3 is 5.97 Å². The van der Waals surface area contributed by atoms with Crippen molar-refractivity contribution >= 4 is 5.97 Å². The van der Waals surface area contributed by atoms with Gasteiger partial charge in [0.25, 0.3) is 0 Å². The molecule has 3 atom stereocenters. The molecule has 3 rings (SSSR count). The van der Waals surface area contributed by atoms with Crippen LogP contribution in [0.4, 0.5) is 0 Å². The van der Waals surface area contributed by atoms with Gasteiger partial charge in [0.05, 0.1) is 0 Å². The van der Waals surface area contributed by atoms with Crippen molar-refractivity contribution in [3.63, 3.8) is 0 Å². The van der Waals surface area contributed by atoms with E-state index in [1.165, 1.54) is 0 Å². The molecule has 0 aromatic rings. The lowest BCUT2D eigenvalue weighted by Crippen LogP contribution is -2.56. The maximum atomic E-state index is 12.0. The highest BCUT2D eigenvalue weighted by Crippen LogP contribution is 2.50. The van der Waals surface area contributed by atoms with Gasteiger partial charge in [-0.05, 0) is 26.2 Å². The molecule has 0 aromatic carbocycles. The zero-order valence-electron chi connectivity index (χ0n) is 9.06. The second-order valence-electron chi connectivity index (χ2n) is 4.84. The van der Waals surface area contributed by atoms with Crippen molar-refractivity contribution in [3.8, 4) is 0 Å². The van der Waals surface area contributed by atoms with Gasteiger partial charge in [0, 0.05) is 6.54 Å². The summed E-state index contributed by atoms with van der Waals surface area (Å²) in [5, 5.41) is 10.3. The fourth-order valence-corrected chi connectivity index (χ4v) is 3.18. The molecule has 0 saturated carbocycles. The van der Waals surface area contributed by atoms with Crippen molar-refractivity contribution in [1.29, 1.82) is 0 Å². The molecular formula is C10H15N3O2. The number of hydrogen-bond donors (Lipinski definition) is 0. The monoisotopic (exact) mass is 209 g/mol. The Kier molecular flexibility index (Phi) is 1.53. The summed E-state index contributed by atoms with van der Waals surface area (Å²) in [7, 11) is 0. The van der Waals surface area contributed by atoms with Crippen molar-refractivity contribution < 1.29 is 9.53 Å². The SMILES string of the molecule is CC[C@@]12N=NN3CCC[C@@](C)(OC1=O)[C@H]32. The van der Waals surface area contributed by atoms with Crippen LogP contribution in [0.25, 0.3) is 0 Å². The lowest BCUT2D eigenvalue weighted by molar-refractivity contribution is -0.153. The molecule has 0 aromatic heterocycles. The molecular weight excluding hydrogens is 194 g/mol. The van der Waals surface area contributed by atoms with Gasteiger partial charge in [-0.1, -0.05) is 12.1 Å². The van der Waals surface area contributed by atoms with E-state index < -0.39 is 5.54 Å². The van der Waals surface area contributed by atoms with Crippen LogP contribution in [0.3, 0.4) is 0 Å². The summed E-state index contributed by atoms with van der Waals surface area (Å²) in [4.78, 5) is 12.0. The Morgan fingerprint density at radius 1 is 1.67 bits per heavy atom. The zero-order chi connectivity index (χ0) is 10.7. The molecule has 0 N–H and O–H groups in total. The summed E-state index contributed by atoms with van der Waals surface area (Å²) in [5.74, 6) is -0.189. The van der Waals surface area contributed by atoms with E-state index in [1.807, 2.05) is 18.9 Å². The average Bonchev–Trinajstić information content (AvgIpc) is 2.68. The lowest BCUT2D eigenvalue weighted by atomic mass is 9.77. The Morgan fingerprint density at radius 3 is 3.20 bits per heavy atom. The number of piperidine rings is 1. The van der Waals surface area contributed by atoms with E-state index in [2.05, 4.69) is 10.3 Å². The molecule has 15 heavy (non-hydrogen) atoms. The highest BCUT2D eigenvalue weighted by atomic mass is 16.6. The molecule has 0 aliphatic carbocycles. The summed E-state index contributed by atoms with van der Waals surface area (Å²) in [6.45, 7) is 4.88. The van der Waals surface area contributed by atoms with Crippen LogP contribution in [0, 0.1) is 0 Å². The summed E-state index contributed by atoms with van der Waals surface area (Å²) in [5.41, 5.74) is -1.09. The smallest absolute Gasteiger partial charge is 0.339 e. The Labute approximate surface area is 88.5 Å². The van der Waals surface area contributed by atoms with Crippen LogP contribution >= 0.6 is 0 Å². The predicted octanol–water partition coefficient (Wildman–Crippen LogP) is 1.30. The predicted molar refractivity (Wildman–Crippen MR) is 52.1 cm³/mol. The molecule has 5 nitrogen and oxygen atoms in total.